The number of carbonyl (C=O) groups is 2. The first-order valence-electron chi connectivity index (χ1n) is 9.57. The lowest BCUT2D eigenvalue weighted by Gasteiger charge is -2.32. The fourth-order valence-corrected chi connectivity index (χ4v) is 4.93. The molecule has 0 saturated carbocycles. The summed E-state index contributed by atoms with van der Waals surface area (Å²) in [6, 6.07) is 11.4. The molecule has 3 aromatic rings. The fourth-order valence-electron chi connectivity index (χ4n) is 3.51. The number of piperidine rings is 1. The molecule has 1 aliphatic rings. The van der Waals surface area contributed by atoms with Gasteiger partial charge in [0, 0.05) is 25.8 Å². The molecular formula is C21H22N4O2S2. The zero-order valence-electron chi connectivity index (χ0n) is 16.1. The molecule has 0 bridgehead atoms. The van der Waals surface area contributed by atoms with Crippen molar-refractivity contribution in [3.63, 3.8) is 0 Å². The van der Waals surface area contributed by atoms with Gasteiger partial charge in [-0.1, -0.05) is 12.1 Å². The maximum absolute atomic E-state index is 12.8. The molecule has 1 aliphatic heterocycles. The average Bonchev–Trinajstić information content (AvgIpc) is 3.22. The van der Waals surface area contributed by atoms with E-state index in [-0.39, 0.29) is 11.8 Å². The zero-order valence-corrected chi connectivity index (χ0v) is 17.8. The number of thiazole rings is 1. The average molecular weight is 427 g/mol. The summed E-state index contributed by atoms with van der Waals surface area (Å²) in [4.78, 5) is 35.8. The minimum atomic E-state index is -0.121. The Morgan fingerprint density at radius 1 is 1.21 bits per heavy atom. The lowest BCUT2D eigenvalue weighted by molar-refractivity contribution is 0.0680. The Hall–Kier alpha value is -2.45. The molecule has 1 fully saturated rings. The van der Waals surface area contributed by atoms with E-state index in [0.717, 1.165) is 28.1 Å². The molecular weight excluding hydrogens is 404 g/mol. The highest BCUT2D eigenvalue weighted by Gasteiger charge is 2.25. The van der Waals surface area contributed by atoms with Gasteiger partial charge < -0.3 is 10.2 Å². The van der Waals surface area contributed by atoms with E-state index < -0.39 is 0 Å². The molecule has 0 unspecified atom stereocenters. The number of rotatable bonds is 5. The monoisotopic (exact) mass is 426 g/mol. The SMILES string of the molecule is CSc1ncccc1C(=O)N1CCC(CNC(=O)c2nc3ccccc3s2)CC1. The number of nitrogens with zero attached hydrogens (tertiary/aromatic N) is 3. The van der Waals surface area contributed by atoms with Crippen LogP contribution in [0.25, 0.3) is 10.2 Å². The number of para-hydroxylation sites is 1. The van der Waals surface area contributed by atoms with Crippen LogP contribution in [0.2, 0.25) is 0 Å². The summed E-state index contributed by atoms with van der Waals surface area (Å²) in [5, 5.41) is 4.28. The number of benzene rings is 1. The first-order valence-corrected chi connectivity index (χ1v) is 11.6. The Morgan fingerprint density at radius 3 is 2.76 bits per heavy atom. The van der Waals surface area contributed by atoms with E-state index in [4.69, 9.17) is 0 Å². The van der Waals surface area contributed by atoms with Gasteiger partial charge in [0.25, 0.3) is 11.8 Å². The molecule has 0 atom stereocenters. The Bertz CT molecular complexity index is 995. The van der Waals surface area contributed by atoms with Crippen molar-refractivity contribution in [3.8, 4) is 0 Å². The number of aromatic nitrogens is 2. The number of fused-ring (bicyclic) bond motifs is 1. The van der Waals surface area contributed by atoms with E-state index in [0.29, 0.717) is 36.1 Å². The van der Waals surface area contributed by atoms with Crippen LogP contribution in [0.1, 0.15) is 33.0 Å². The van der Waals surface area contributed by atoms with Gasteiger partial charge in [-0.15, -0.1) is 23.1 Å². The second kappa shape index (κ2) is 8.92. The highest BCUT2D eigenvalue weighted by Crippen LogP contribution is 2.24. The van der Waals surface area contributed by atoms with Crippen molar-refractivity contribution < 1.29 is 9.59 Å². The summed E-state index contributed by atoms with van der Waals surface area (Å²) in [7, 11) is 0. The minimum Gasteiger partial charge on any atom is -0.350 e. The summed E-state index contributed by atoms with van der Waals surface area (Å²) < 4.78 is 1.02. The van der Waals surface area contributed by atoms with Crippen molar-refractivity contribution in [3.05, 3.63) is 53.2 Å². The van der Waals surface area contributed by atoms with Crippen LogP contribution >= 0.6 is 23.1 Å². The molecule has 1 N–H and O–H groups in total. The van der Waals surface area contributed by atoms with Crippen molar-refractivity contribution in [2.24, 2.45) is 5.92 Å². The molecule has 8 heteroatoms. The largest absolute Gasteiger partial charge is 0.350 e. The van der Waals surface area contributed by atoms with Crippen LogP contribution in [0.5, 0.6) is 0 Å². The van der Waals surface area contributed by atoms with Crippen molar-refractivity contribution in [1.82, 2.24) is 20.2 Å². The molecule has 29 heavy (non-hydrogen) atoms. The Labute approximate surface area is 177 Å². The first-order chi connectivity index (χ1) is 14.2. The van der Waals surface area contributed by atoms with Crippen molar-refractivity contribution in [2.75, 3.05) is 25.9 Å². The molecule has 0 aliphatic carbocycles. The number of hydrogen-bond acceptors (Lipinski definition) is 6. The van der Waals surface area contributed by atoms with E-state index >= 15 is 0 Å². The number of pyridine rings is 1. The molecule has 3 heterocycles. The maximum atomic E-state index is 12.8. The van der Waals surface area contributed by atoms with Gasteiger partial charge in [-0.3, -0.25) is 9.59 Å². The summed E-state index contributed by atoms with van der Waals surface area (Å²) >= 11 is 2.90. The first kappa shape index (κ1) is 19.8. The van der Waals surface area contributed by atoms with Crippen LogP contribution in [0.3, 0.4) is 0 Å². The minimum absolute atomic E-state index is 0.0411. The molecule has 2 amide bonds. The zero-order chi connectivity index (χ0) is 20.2. The van der Waals surface area contributed by atoms with Gasteiger partial charge in [0.15, 0.2) is 5.01 Å². The number of amides is 2. The van der Waals surface area contributed by atoms with Gasteiger partial charge in [0.05, 0.1) is 15.8 Å². The van der Waals surface area contributed by atoms with E-state index in [1.807, 2.05) is 41.5 Å². The third-order valence-electron chi connectivity index (χ3n) is 5.14. The summed E-state index contributed by atoms with van der Waals surface area (Å²) in [6.45, 7) is 2.01. The van der Waals surface area contributed by atoms with E-state index in [2.05, 4.69) is 15.3 Å². The molecule has 4 rings (SSSR count). The fraction of sp³-hybridized carbons (Fsp3) is 0.333. The summed E-state index contributed by atoms with van der Waals surface area (Å²) in [6.07, 6.45) is 5.39. The van der Waals surface area contributed by atoms with Crippen LogP contribution in [-0.2, 0) is 0 Å². The standard InChI is InChI=1S/C21H22N4O2S2/c1-28-19-15(5-4-10-22-19)21(27)25-11-8-14(9-12-25)13-23-18(26)20-24-16-6-2-3-7-17(16)29-20/h2-7,10,14H,8-9,11-13H2,1H3,(H,23,26). The predicted molar refractivity (Wildman–Crippen MR) is 117 cm³/mol. The Balaban J connectivity index is 1.29. The van der Waals surface area contributed by atoms with Gasteiger partial charge in [-0.2, -0.15) is 0 Å². The number of nitrogens with one attached hydrogen (secondary N) is 1. The van der Waals surface area contributed by atoms with Gasteiger partial charge in [0.1, 0.15) is 5.03 Å². The molecule has 2 aromatic heterocycles. The van der Waals surface area contributed by atoms with Crippen LogP contribution in [0, 0.1) is 5.92 Å². The van der Waals surface area contributed by atoms with Gasteiger partial charge in [-0.25, -0.2) is 9.97 Å². The van der Waals surface area contributed by atoms with Crippen LogP contribution in [0.4, 0.5) is 0 Å². The third kappa shape index (κ3) is 4.43. The molecule has 1 aromatic carbocycles. The lowest BCUT2D eigenvalue weighted by atomic mass is 9.96. The third-order valence-corrected chi connectivity index (χ3v) is 6.88. The second-order valence-corrected chi connectivity index (χ2v) is 8.82. The normalized spacial score (nSPS) is 14.9. The molecule has 6 nitrogen and oxygen atoms in total. The van der Waals surface area contributed by atoms with E-state index in [1.165, 1.54) is 23.1 Å². The summed E-state index contributed by atoms with van der Waals surface area (Å²) in [5.41, 5.74) is 1.53. The number of likely N-dealkylation sites (tertiary alicyclic amines) is 1. The lowest BCUT2D eigenvalue weighted by Crippen LogP contribution is -2.41. The maximum Gasteiger partial charge on any atom is 0.280 e. The van der Waals surface area contributed by atoms with Crippen LogP contribution in [0.15, 0.2) is 47.6 Å². The summed E-state index contributed by atoms with van der Waals surface area (Å²) in [5.74, 6) is 0.287. The Kier molecular flexibility index (Phi) is 6.10. The van der Waals surface area contributed by atoms with Gasteiger partial charge in [-0.05, 0) is 49.3 Å². The smallest absolute Gasteiger partial charge is 0.280 e. The van der Waals surface area contributed by atoms with Gasteiger partial charge >= 0.3 is 0 Å². The number of thioether (sulfide) groups is 1. The topological polar surface area (TPSA) is 75.2 Å². The molecule has 0 spiro atoms. The van der Waals surface area contributed by atoms with Crippen LogP contribution in [-0.4, -0.2) is 52.6 Å². The van der Waals surface area contributed by atoms with E-state index in [1.54, 1.807) is 12.3 Å². The number of hydrogen-bond donors (Lipinski definition) is 1. The molecule has 0 radical (unpaired) electrons. The Morgan fingerprint density at radius 2 is 2.00 bits per heavy atom. The van der Waals surface area contributed by atoms with E-state index in [9.17, 15) is 9.59 Å². The highest BCUT2D eigenvalue weighted by molar-refractivity contribution is 7.98. The van der Waals surface area contributed by atoms with Gasteiger partial charge in [0.2, 0.25) is 0 Å². The second-order valence-electron chi connectivity index (χ2n) is 6.99. The van der Waals surface area contributed by atoms with Crippen molar-refractivity contribution >= 4 is 45.1 Å². The molecule has 1 saturated heterocycles. The van der Waals surface area contributed by atoms with Crippen molar-refractivity contribution in [1.29, 1.82) is 0 Å². The van der Waals surface area contributed by atoms with Crippen LogP contribution < -0.4 is 5.32 Å². The quantitative estimate of drug-likeness (QED) is 0.630. The predicted octanol–water partition coefficient (Wildman–Crippen LogP) is 3.70. The highest BCUT2D eigenvalue weighted by atomic mass is 32.2. The van der Waals surface area contributed by atoms with Crippen molar-refractivity contribution in [2.45, 2.75) is 17.9 Å². The number of carbonyl (C=O) groups excluding carboxylic acids is 2. The molecule has 150 valence electrons.